The number of hydrogen-bond acceptors (Lipinski definition) is 3. The van der Waals surface area contributed by atoms with Gasteiger partial charge in [-0.2, -0.15) is 0 Å². The van der Waals surface area contributed by atoms with Crippen LogP contribution in [0.3, 0.4) is 0 Å². The van der Waals surface area contributed by atoms with Crippen LogP contribution in [0, 0.1) is 0 Å². The minimum atomic E-state index is -1.02. The van der Waals surface area contributed by atoms with Crippen molar-refractivity contribution in [2.24, 2.45) is 0 Å². The summed E-state index contributed by atoms with van der Waals surface area (Å²) < 4.78 is 5.49. The fraction of sp³-hybridized carbons (Fsp3) is 0.364. The van der Waals surface area contributed by atoms with E-state index in [0.717, 1.165) is 16.7 Å². The van der Waals surface area contributed by atoms with Crippen LogP contribution < -0.4 is 0 Å². The van der Waals surface area contributed by atoms with Gasteiger partial charge in [0.05, 0.1) is 6.54 Å². The SMILES string of the molecule is CC(C)(C)OC(=O)N1Cc2ccccc2[C@H](Cc2ccccc2)[C@@H]1C(=O)O. The molecule has 3 rings (SSSR count). The van der Waals surface area contributed by atoms with Crippen molar-refractivity contribution >= 4 is 12.1 Å². The van der Waals surface area contributed by atoms with Gasteiger partial charge in [0.2, 0.25) is 0 Å². The van der Waals surface area contributed by atoms with E-state index < -0.39 is 23.7 Å². The van der Waals surface area contributed by atoms with Crippen LogP contribution in [0.15, 0.2) is 54.6 Å². The van der Waals surface area contributed by atoms with Crippen molar-refractivity contribution < 1.29 is 19.4 Å². The lowest BCUT2D eigenvalue weighted by Gasteiger charge is -2.40. The summed E-state index contributed by atoms with van der Waals surface area (Å²) in [7, 11) is 0. The Labute approximate surface area is 159 Å². The molecule has 0 unspecified atom stereocenters. The monoisotopic (exact) mass is 367 g/mol. The third kappa shape index (κ3) is 4.30. The standard InChI is InChI=1S/C22H25NO4/c1-22(2,3)27-21(26)23-14-16-11-7-8-12-17(16)18(19(23)20(24)25)13-15-9-5-4-6-10-15/h4-12,18-19H,13-14H2,1-3H3,(H,24,25)/t18-,19+/m0/s1. The Balaban J connectivity index is 2.02. The molecular formula is C22H25NO4. The predicted molar refractivity (Wildman–Crippen MR) is 103 cm³/mol. The number of hydrogen-bond donors (Lipinski definition) is 1. The maximum atomic E-state index is 12.8. The third-order valence-electron chi connectivity index (χ3n) is 4.69. The maximum Gasteiger partial charge on any atom is 0.411 e. The van der Waals surface area contributed by atoms with Crippen molar-refractivity contribution in [2.75, 3.05) is 0 Å². The van der Waals surface area contributed by atoms with Crippen molar-refractivity contribution in [1.29, 1.82) is 0 Å². The summed E-state index contributed by atoms with van der Waals surface area (Å²) in [5, 5.41) is 9.98. The molecule has 1 aliphatic rings. The smallest absolute Gasteiger partial charge is 0.411 e. The first-order chi connectivity index (χ1) is 12.8. The number of carbonyl (C=O) groups excluding carboxylic acids is 1. The molecule has 1 N–H and O–H groups in total. The molecule has 2 aromatic carbocycles. The molecule has 0 fully saturated rings. The van der Waals surface area contributed by atoms with Crippen LogP contribution in [0.1, 0.15) is 43.4 Å². The second-order valence-electron chi connectivity index (χ2n) is 7.89. The number of amides is 1. The average molecular weight is 367 g/mol. The lowest BCUT2D eigenvalue weighted by molar-refractivity contribution is -0.144. The van der Waals surface area contributed by atoms with Crippen molar-refractivity contribution in [3.8, 4) is 0 Å². The number of rotatable bonds is 3. The molecule has 5 heteroatoms. The average Bonchev–Trinajstić information content (AvgIpc) is 2.60. The topological polar surface area (TPSA) is 66.8 Å². The van der Waals surface area contributed by atoms with Gasteiger partial charge in [0.25, 0.3) is 0 Å². The second-order valence-corrected chi connectivity index (χ2v) is 7.89. The predicted octanol–water partition coefficient (Wildman–Crippen LogP) is 4.22. The zero-order chi connectivity index (χ0) is 19.6. The molecule has 0 saturated carbocycles. The maximum absolute atomic E-state index is 12.8. The number of carbonyl (C=O) groups is 2. The summed E-state index contributed by atoms with van der Waals surface area (Å²) >= 11 is 0. The van der Waals surface area contributed by atoms with Crippen LogP contribution in [-0.4, -0.2) is 33.7 Å². The molecule has 142 valence electrons. The highest BCUT2D eigenvalue weighted by Crippen LogP contribution is 2.36. The fourth-order valence-corrected chi connectivity index (χ4v) is 3.60. The Hall–Kier alpha value is -2.82. The van der Waals surface area contributed by atoms with Crippen LogP contribution in [0.4, 0.5) is 4.79 Å². The van der Waals surface area contributed by atoms with E-state index in [-0.39, 0.29) is 12.5 Å². The van der Waals surface area contributed by atoms with Crippen molar-refractivity contribution in [3.05, 3.63) is 71.3 Å². The van der Waals surface area contributed by atoms with Crippen LogP contribution >= 0.6 is 0 Å². The number of benzene rings is 2. The molecule has 1 heterocycles. The summed E-state index contributed by atoms with van der Waals surface area (Å²) in [5.74, 6) is -1.36. The molecule has 0 radical (unpaired) electrons. The molecule has 0 spiro atoms. The Morgan fingerprint density at radius 2 is 1.70 bits per heavy atom. The van der Waals surface area contributed by atoms with E-state index in [0.29, 0.717) is 6.42 Å². The van der Waals surface area contributed by atoms with Crippen LogP contribution in [-0.2, 0) is 22.5 Å². The fourth-order valence-electron chi connectivity index (χ4n) is 3.60. The van der Waals surface area contributed by atoms with Gasteiger partial charge in [-0.3, -0.25) is 4.90 Å². The molecule has 1 aliphatic heterocycles. The van der Waals surface area contributed by atoms with Crippen LogP contribution in [0.2, 0.25) is 0 Å². The van der Waals surface area contributed by atoms with E-state index in [4.69, 9.17) is 4.74 Å². The van der Waals surface area contributed by atoms with E-state index in [1.54, 1.807) is 20.8 Å². The van der Waals surface area contributed by atoms with Crippen molar-refractivity contribution in [1.82, 2.24) is 4.90 Å². The van der Waals surface area contributed by atoms with Crippen molar-refractivity contribution in [2.45, 2.75) is 51.3 Å². The number of ether oxygens (including phenoxy) is 1. The molecule has 27 heavy (non-hydrogen) atoms. The lowest BCUT2D eigenvalue weighted by Crippen LogP contribution is -2.52. The van der Waals surface area contributed by atoms with E-state index in [1.807, 2.05) is 54.6 Å². The molecule has 2 atom stereocenters. The first-order valence-corrected chi connectivity index (χ1v) is 9.10. The van der Waals surface area contributed by atoms with E-state index >= 15 is 0 Å². The zero-order valence-corrected chi connectivity index (χ0v) is 15.9. The number of carboxylic acids is 1. The largest absolute Gasteiger partial charge is 0.480 e. The number of carboxylic acid groups (broad SMARTS) is 1. The van der Waals surface area contributed by atoms with Gasteiger partial charge in [-0.15, -0.1) is 0 Å². The Morgan fingerprint density at radius 3 is 2.33 bits per heavy atom. The number of nitrogens with zero attached hydrogens (tertiary/aromatic N) is 1. The number of aliphatic carboxylic acids is 1. The number of fused-ring (bicyclic) bond motifs is 1. The lowest BCUT2D eigenvalue weighted by atomic mass is 9.79. The molecule has 0 aromatic heterocycles. The molecule has 0 bridgehead atoms. The Bertz CT molecular complexity index is 826. The normalized spacial score (nSPS) is 19.3. The van der Waals surface area contributed by atoms with Gasteiger partial charge in [-0.05, 0) is 43.9 Å². The highest BCUT2D eigenvalue weighted by Gasteiger charge is 2.43. The van der Waals surface area contributed by atoms with Gasteiger partial charge in [0.1, 0.15) is 11.6 Å². The molecule has 1 amide bonds. The Kier molecular flexibility index (Phi) is 5.22. The first-order valence-electron chi connectivity index (χ1n) is 9.10. The van der Waals surface area contributed by atoms with Gasteiger partial charge in [0.15, 0.2) is 0 Å². The highest BCUT2D eigenvalue weighted by molar-refractivity contribution is 5.82. The van der Waals surface area contributed by atoms with Crippen LogP contribution in [0.25, 0.3) is 0 Å². The van der Waals surface area contributed by atoms with Gasteiger partial charge in [-0.1, -0.05) is 54.6 Å². The van der Waals surface area contributed by atoms with E-state index in [9.17, 15) is 14.7 Å². The summed E-state index contributed by atoms with van der Waals surface area (Å²) in [6, 6.07) is 16.5. The molecular weight excluding hydrogens is 342 g/mol. The molecule has 5 nitrogen and oxygen atoms in total. The molecule has 0 aliphatic carbocycles. The van der Waals surface area contributed by atoms with Gasteiger partial charge in [0, 0.05) is 5.92 Å². The van der Waals surface area contributed by atoms with Crippen LogP contribution in [0.5, 0.6) is 0 Å². The quantitative estimate of drug-likeness (QED) is 0.882. The van der Waals surface area contributed by atoms with Gasteiger partial charge in [-0.25, -0.2) is 9.59 Å². The summed E-state index contributed by atoms with van der Waals surface area (Å²) in [4.78, 5) is 26.3. The summed E-state index contributed by atoms with van der Waals surface area (Å²) in [6.45, 7) is 5.56. The molecule has 0 saturated heterocycles. The second kappa shape index (κ2) is 7.43. The minimum absolute atomic E-state index is 0.230. The summed E-state index contributed by atoms with van der Waals surface area (Å²) in [6.07, 6.45) is -0.0591. The molecule has 2 aromatic rings. The highest BCUT2D eigenvalue weighted by atomic mass is 16.6. The summed E-state index contributed by atoms with van der Waals surface area (Å²) in [5.41, 5.74) is 2.29. The Morgan fingerprint density at radius 1 is 1.07 bits per heavy atom. The van der Waals surface area contributed by atoms with Gasteiger partial charge < -0.3 is 9.84 Å². The van der Waals surface area contributed by atoms with Gasteiger partial charge >= 0.3 is 12.1 Å². The van der Waals surface area contributed by atoms with Crippen molar-refractivity contribution in [3.63, 3.8) is 0 Å². The van der Waals surface area contributed by atoms with E-state index in [1.165, 1.54) is 4.90 Å². The minimum Gasteiger partial charge on any atom is -0.480 e. The zero-order valence-electron chi connectivity index (χ0n) is 15.9. The van der Waals surface area contributed by atoms with E-state index in [2.05, 4.69) is 0 Å². The first kappa shape index (κ1) is 19.0. The third-order valence-corrected chi connectivity index (χ3v) is 4.69.